The van der Waals surface area contributed by atoms with Crippen molar-refractivity contribution in [1.29, 1.82) is 0 Å². The second kappa shape index (κ2) is 16.0. The van der Waals surface area contributed by atoms with E-state index in [9.17, 15) is 18.0 Å². The maximum atomic E-state index is 14.7. The fourth-order valence-electron chi connectivity index (χ4n) is 5.13. The monoisotopic (exact) mass is 675 g/mol. The van der Waals surface area contributed by atoms with Gasteiger partial charge < -0.3 is 15.0 Å². The number of sulfonamides is 1. The number of benzene rings is 4. The molecule has 248 valence electrons. The molecular formula is C37H42ClN3O5S. The molecule has 0 aromatic heterocycles. The highest BCUT2D eigenvalue weighted by Crippen LogP contribution is 2.34. The number of nitrogens with zero attached hydrogens (tertiary/aromatic N) is 2. The Hall–Kier alpha value is -4.34. The maximum absolute atomic E-state index is 14.7. The van der Waals surface area contributed by atoms with Gasteiger partial charge in [0, 0.05) is 24.5 Å². The molecule has 10 heteroatoms. The van der Waals surface area contributed by atoms with Gasteiger partial charge in [-0.25, -0.2) is 8.42 Å². The van der Waals surface area contributed by atoms with Crippen LogP contribution in [0.3, 0.4) is 0 Å². The number of rotatable bonds is 14. The van der Waals surface area contributed by atoms with E-state index >= 15 is 0 Å². The molecule has 2 amide bonds. The van der Waals surface area contributed by atoms with E-state index in [1.165, 1.54) is 24.1 Å². The van der Waals surface area contributed by atoms with Gasteiger partial charge in [0.1, 0.15) is 18.3 Å². The van der Waals surface area contributed by atoms with Crippen LogP contribution in [0.4, 0.5) is 5.69 Å². The first-order chi connectivity index (χ1) is 22.4. The van der Waals surface area contributed by atoms with Crippen molar-refractivity contribution in [2.45, 2.75) is 51.6 Å². The summed E-state index contributed by atoms with van der Waals surface area (Å²) in [6, 6.07) is 27.2. The van der Waals surface area contributed by atoms with Crippen LogP contribution in [-0.4, -0.2) is 51.4 Å². The summed E-state index contributed by atoms with van der Waals surface area (Å²) >= 11 is 6.58. The van der Waals surface area contributed by atoms with Gasteiger partial charge >= 0.3 is 0 Å². The van der Waals surface area contributed by atoms with Crippen LogP contribution in [0.15, 0.2) is 102 Å². The van der Waals surface area contributed by atoms with E-state index in [1.807, 2.05) is 58.0 Å². The molecular weight excluding hydrogens is 634 g/mol. The lowest BCUT2D eigenvalue weighted by Crippen LogP contribution is -2.53. The summed E-state index contributed by atoms with van der Waals surface area (Å²) in [5.74, 6) is -0.464. The van der Waals surface area contributed by atoms with Gasteiger partial charge in [-0.1, -0.05) is 97.7 Å². The molecule has 0 spiro atoms. The Labute approximate surface area is 283 Å². The van der Waals surface area contributed by atoms with E-state index in [1.54, 1.807) is 54.6 Å². The summed E-state index contributed by atoms with van der Waals surface area (Å²) in [7, 11) is -2.83. The Morgan fingerprint density at radius 3 is 2.15 bits per heavy atom. The molecule has 0 aliphatic rings. The van der Waals surface area contributed by atoms with Crippen molar-refractivity contribution >= 4 is 39.1 Å². The summed E-state index contributed by atoms with van der Waals surface area (Å²) in [5.41, 5.74) is 3.35. The van der Waals surface area contributed by atoms with E-state index in [0.29, 0.717) is 17.1 Å². The van der Waals surface area contributed by atoms with Gasteiger partial charge in [-0.05, 0) is 66.8 Å². The first kappa shape index (κ1) is 35.5. The van der Waals surface area contributed by atoms with Gasteiger partial charge in [0.2, 0.25) is 11.8 Å². The van der Waals surface area contributed by atoms with Crippen molar-refractivity contribution < 1.29 is 22.7 Å². The summed E-state index contributed by atoms with van der Waals surface area (Å²) < 4.78 is 35.4. The fraction of sp³-hybridized carbons (Fsp3) is 0.297. The van der Waals surface area contributed by atoms with E-state index in [-0.39, 0.29) is 41.1 Å². The predicted molar refractivity (Wildman–Crippen MR) is 187 cm³/mol. The smallest absolute Gasteiger partial charge is 0.264 e. The van der Waals surface area contributed by atoms with Crippen molar-refractivity contribution in [2.24, 2.45) is 5.92 Å². The van der Waals surface area contributed by atoms with Crippen LogP contribution in [0, 0.1) is 19.8 Å². The normalized spacial score (nSPS) is 12.0. The Kier molecular flexibility index (Phi) is 12.1. The molecule has 0 fully saturated rings. The largest absolute Gasteiger partial charge is 0.495 e. The number of carbonyl (C=O) groups excluding carboxylic acids is 2. The zero-order chi connectivity index (χ0) is 34.1. The standard InChI is InChI=1S/C37H42ClN3O5S/c1-26(2)23-39-37(43)34(22-29-11-7-6-8-12-29)40(24-30-13-9-10-14-32(30)38)36(42)25-41(33-21-28(4)17-20-35(33)46-5)47(44,45)31-18-15-27(3)16-19-31/h6-21,26,34H,22-25H2,1-5H3,(H,39,43). The number of carbonyl (C=O) groups is 2. The van der Waals surface area contributed by atoms with Crippen LogP contribution < -0.4 is 14.4 Å². The predicted octanol–water partition coefficient (Wildman–Crippen LogP) is 6.57. The van der Waals surface area contributed by atoms with E-state index in [2.05, 4.69) is 5.32 Å². The van der Waals surface area contributed by atoms with Gasteiger partial charge in [-0.2, -0.15) is 0 Å². The van der Waals surface area contributed by atoms with Gasteiger partial charge in [0.05, 0.1) is 17.7 Å². The van der Waals surface area contributed by atoms with Crippen molar-refractivity contribution in [1.82, 2.24) is 10.2 Å². The van der Waals surface area contributed by atoms with E-state index in [0.717, 1.165) is 21.0 Å². The molecule has 0 saturated heterocycles. The van der Waals surface area contributed by atoms with Crippen molar-refractivity contribution in [3.05, 3.63) is 124 Å². The van der Waals surface area contributed by atoms with Crippen LogP contribution in [0.2, 0.25) is 5.02 Å². The molecule has 0 aliphatic heterocycles. The van der Waals surface area contributed by atoms with Crippen LogP contribution in [0.1, 0.15) is 36.1 Å². The molecule has 8 nitrogen and oxygen atoms in total. The third kappa shape index (κ3) is 9.14. The quantitative estimate of drug-likeness (QED) is 0.163. The zero-order valence-electron chi connectivity index (χ0n) is 27.4. The summed E-state index contributed by atoms with van der Waals surface area (Å²) in [5, 5.41) is 3.42. The number of amides is 2. The number of hydrogen-bond donors (Lipinski definition) is 1. The average molecular weight is 676 g/mol. The zero-order valence-corrected chi connectivity index (χ0v) is 29.0. The Balaban J connectivity index is 1.86. The molecule has 4 rings (SSSR count). The van der Waals surface area contributed by atoms with Crippen LogP contribution >= 0.6 is 11.6 Å². The minimum absolute atomic E-state index is 0.0194. The Bertz CT molecular complexity index is 1780. The summed E-state index contributed by atoms with van der Waals surface area (Å²) in [6.07, 6.45) is 0.208. The maximum Gasteiger partial charge on any atom is 0.264 e. The Morgan fingerprint density at radius 1 is 0.872 bits per heavy atom. The lowest BCUT2D eigenvalue weighted by Gasteiger charge is -2.34. The third-order valence-electron chi connectivity index (χ3n) is 7.75. The van der Waals surface area contributed by atoms with Crippen LogP contribution in [0.5, 0.6) is 5.75 Å². The highest BCUT2D eigenvalue weighted by Gasteiger charge is 2.36. The molecule has 4 aromatic rings. The summed E-state index contributed by atoms with van der Waals surface area (Å²) in [6.45, 7) is 7.47. The Morgan fingerprint density at radius 2 is 1.51 bits per heavy atom. The SMILES string of the molecule is COc1ccc(C)cc1N(CC(=O)N(Cc1ccccc1Cl)C(Cc1ccccc1)C(=O)NCC(C)C)S(=O)(=O)c1ccc(C)cc1. The minimum Gasteiger partial charge on any atom is -0.495 e. The number of hydrogen-bond acceptors (Lipinski definition) is 5. The molecule has 1 N–H and O–H groups in total. The third-order valence-corrected chi connectivity index (χ3v) is 9.89. The lowest BCUT2D eigenvalue weighted by molar-refractivity contribution is -0.140. The van der Waals surface area contributed by atoms with Gasteiger partial charge in [-0.15, -0.1) is 0 Å². The van der Waals surface area contributed by atoms with E-state index < -0.39 is 28.5 Å². The topological polar surface area (TPSA) is 96.0 Å². The molecule has 0 radical (unpaired) electrons. The van der Waals surface area contributed by atoms with Gasteiger partial charge in [0.15, 0.2) is 0 Å². The van der Waals surface area contributed by atoms with Crippen LogP contribution in [0.25, 0.3) is 0 Å². The average Bonchev–Trinajstić information content (AvgIpc) is 3.05. The fourth-order valence-corrected chi connectivity index (χ4v) is 6.74. The van der Waals surface area contributed by atoms with E-state index in [4.69, 9.17) is 16.3 Å². The molecule has 0 heterocycles. The second-order valence-corrected chi connectivity index (χ2v) is 14.2. The molecule has 4 aromatic carbocycles. The summed E-state index contributed by atoms with van der Waals surface area (Å²) in [4.78, 5) is 30.1. The van der Waals surface area contributed by atoms with Crippen molar-refractivity contribution in [3.8, 4) is 5.75 Å². The highest BCUT2D eigenvalue weighted by molar-refractivity contribution is 7.92. The minimum atomic E-state index is -4.28. The number of aryl methyl sites for hydroxylation is 2. The van der Waals surface area contributed by atoms with Crippen molar-refractivity contribution in [3.63, 3.8) is 0 Å². The molecule has 47 heavy (non-hydrogen) atoms. The molecule has 0 aliphatic carbocycles. The first-order valence-corrected chi connectivity index (χ1v) is 17.3. The van der Waals surface area contributed by atoms with Gasteiger partial charge in [-0.3, -0.25) is 13.9 Å². The molecule has 0 bridgehead atoms. The molecule has 1 unspecified atom stereocenters. The molecule has 0 saturated carbocycles. The number of nitrogens with one attached hydrogen (secondary N) is 1. The second-order valence-electron chi connectivity index (χ2n) is 12.0. The highest BCUT2D eigenvalue weighted by atomic mass is 35.5. The number of methoxy groups -OCH3 is 1. The van der Waals surface area contributed by atoms with Crippen LogP contribution in [-0.2, 0) is 32.6 Å². The first-order valence-electron chi connectivity index (χ1n) is 15.5. The molecule has 1 atom stereocenters. The van der Waals surface area contributed by atoms with Gasteiger partial charge in [0.25, 0.3) is 10.0 Å². The number of ether oxygens (including phenoxy) is 1. The number of anilines is 1. The number of halogens is 1. The van der Waals surface area contributed by atoms with Crippen molar-refractivity contribution in [2.75, 3.05) is 24.5 Å². The lowest BCUT2D eigenvalue weighted by atomic mass is 10.0.